The summed E-state index contributed by atoms with van der Waals surface area (Å²) < 4.78 is 0. The third-order valence-electron chi connectivity index (χ3n) is 0. The zero-order chi connectivity index (χ0) is 2.00. The first-order valence-corrected chi connectivity index (χ1v) is 1.00. The summed E-state index contributed by atoms with van der Waals surface area (Å²) in [6, 6.07) is 0. The molecule has 0 bridgehead atoms. The van der Waals surface area contributed by atoms with Gasteiger partial charge in [-0.1, -0.05) is 0 Å². The molecule has 22 valence electrons. The fourth-order valence-electron chi connectivity index (χ4n) is 0. The van der Waals surface area contributed by atoms with Crippen LogP contribution in [0.3, 0.4) is 0 Å². The molecule has 0 rings (SSSR count). The van der Waals surface area contributed by atoms with Crippen LogP contribution in [0, 0.1) is 0 Å². The first-order valence-electron chi connectivity index (χ1n) is 0.333. The molecule has 0 aliphatic heterocycles. The van der Waals surface area contributed by atoms with Gasteiger partial charge in [-0.15, -0.1) is 0 Å². The summed E-state index contributed by atoms with van der Waals surface area (Å²) in [7, 11) is 6.33. The van der Waals surface area contributed by atoms with E-state index in [2.05, 4.69) is 7.57 Å². The van der Waals surface area contributed by atoms with E-state index < -0.39 is 0 Å². The van der Waals surface area contributed by atoms with Gasteiger partial charge in [0.05, 0.1) is 7.57 Å². The van der Waals surface area contributed by atoms with Crippen molar-refractivity contribution in [2.45, 2.75) is 0 Å². The van der Waals surface area contributed by atoms with Gasteiger partial charge in [-0.2, -0.15) is 9.12 Å². The van der Waals surface area contributed by atoms with E-state index in [-0.39, 0.29) is 66.8 Å². The summed E-state index contributed by atoms with van der Waals surface area (Å²) in [5, 5.41) is 0. The maximum absolute atomic E-state index is 4.42. The van der Waals surface area contributed by atoms with Crippen molar-refractivity contribution in [1.29, 1.82) is 0 Å². The van der Waals surface area contributed by atoms with Gasteiger partial charge in [-0.05, 0) is 0 Å². The molecule has 0 aromatic heterocycles. The van der Waals surface area contributed by atoms with Crippen LogP contribution in [0.1, 0.15) is 2.85 Å². The minimum absolute atomic E-state index is 0. The SMILES string of the molecule is [B]P.[BiH3].[Ca+2].[H-].[H-]. The van der Waals surface area contributed by atoms with E-state index in [9.17, 15) is 0 Å². The quantitative estimate of drug-likeness (QED) is 0.381. The molecule has 0 spiro atoms. The zero-order valence-electron chi connectivity index (χ0n) is 4.57. The second-order valence-electron chi connectivity index (χ2n) is 0. The molecule has 1 unspecified atom stereocenters. The Hall–Kier alpha value is 2.64. The normalized spacial score (nSPS) is 1.25. The summed E-state index contributed by atoms with van der Waals surface area (Å²) in [6.45, 7) is 0. The molecule has 0 aliphatic carbocycles. The Morgan fingerprint density at radius 2 is 1.50 bits per heavy atom. The predicted molar refractivity (Wildman–Crippen MR) is 33.4 cm³/mol. The Kier molecular flexibility index (Phi) is 69.5. The molecule has 0 aromatic rings. The summed E-state index contributed by atoms with van der Waals surface area (Å²) in [4.78, 5) is 0. The molecule has 0 aromatic carbocycles. The van der Waals surface area contributed by atoms with Gasteiger partial charge in [0.1, 0.15) is 0 Å². The second kappa shape index (κ2) is 17.4. The molecule has 0 N–H and O–H groups in total. The molecule has 1 atom stereocenters. The molecule has 0 aliphatic rings. The van der Waals surface area contributed by atoms with Crippen LogP contribution < -0.4 is 0 Å². The number of rotatable bonds is 0. The van der Waals surface area contributed by atoms with Crippen molar-refractivity contribution < 1.29 is 2.85 Å². The van der Waals surface area contributed by atoms with E-state index in [1.807, 2.05) is 9.12 Å². The Morgan fingerprint density at radius 1 is 1.50 bits per heavy atom. The van der Waals surface area contributed by atoms with Crippen molar-refractivity contribution in [3.63, 3.8) is 0 Å². The minimum Gasteiger partial charge on any atom is -1.00 e. The first-order chi connectivity index (χ1) is 1.00. The number of hydrogen-bond donors (Lipinski definition) is 0. The first kappa shape index (κ1) is 15.9. The van der Waals surface area contributed by atoms with Crippen molar-refractivity contribution in [2.75, 3.05) is 0 Å². The third kappa shape index (κ3) is 8.82. The molecule has 0 amide bonds. The molecule has 0 heterocycles. The van der Waals surface area contributed by atoms with Crippen molar-refractivity contribution >= 4 is 80.6 Å². The fraction of sp³-hybridized carbons (Fsp3) is 0. The average molecular weight is 298 g/mol. The van der Waals surface area contributed by atoms with Gasteiger partial charge < -0.3 is 2.85 Å². The number of hydrogen-bond acceptors (Lipinski definition) is 0. The molecule has 4 heavy (non-hydrogen) atoms. The fourth-order valence-corrected chi connectivity index (χ4v) is 0. The molecule has 0 saturated carbocycles. The van der Waals surface area contributed by atoms with Gasteiger partial charge in [0, 0.05) is 0 Å². The van der Waals surface area contributed by atoms with Gasteiger partial charge in [0.15, 0.2) is 0 Å². The van der Waals surface area contributed by atoms with E-state index in [0.717, 1.165) is 0 Å². The Morgan fingerprint density at radius 3 is 1.50 bits per heavy atom. The third-order valence-corrected chi connectivity index (χ3v) is 0. The predicted octanol–water partition coefficient (Wildman–Crippen LogP) is -1.39. The largest absolute Gasteiger partial charge is 2.00 e. The van der Waals surface area contributed by atoms with Crippen LogP contribution >= 0.6 is 9.12 Å². The van der Waals surface area contributed by atoms with E-state index in [0.29, 0.717) is 0 Å². The van der Waals surface area contributed by atoms with Gasteiger partial charge >= 0.3 is 63.9 Å². The van der Waals surface area contributed by atoms with E-state index in [1.165, 1.54) is 0 Å². The van der Waals surface area contributed by atoms with Crippen LogP contribution in [0.4, 0.5) is 0 Å². The molecular weight excluding hydrogens is 291 g/mol. The van der Waals surface area contributed by atoms with Crippen molar-refractivity contribution in [3.05, 3.63) is 0 Å². The van der Waals surface area contributed by atoms with Gasteiger partial charge in [-0.3, -0.25) is 0 Å². The maximum Gasteiger partial charge on any atom is 2.00 e. The van der Waals surface area contributed by atoms with Crippen LogP contribution in [0.2, 0.25) is 0 Å². The van der Waals surface area contributed by atoms with Gasteiger partial charge in [0.25, 0.3) is 0 Å². The smallest absolute Gasteiger partial charge is 1.00 e. The van der Waals surface area contributed by atoms with Gasteiger partial charge in [0.2, 0.25) is 0 Å². The van der Waals surface area contributed by atoms with Crippen LogP contribution in [0.25, 0.3) is 0 Å². The molecule has 4 heteroatoms. The summed E-state index contributed by atoms with van der Waals surface area (Å²) in [6.07, 6.45) is 0. The Bertz CT molecular complexity index is 13.5. The summed E-state index contributed by atoms with van der Waals surface area (Å²) >= 11 is 0. The second-order valence-corrected chi connectivity index (χ2v) is 0. The Labute approximate surface area is 82.1 Å². The molecule has 2 radical (unpaired) electrons. The topological polar surface area (TPSA) is 0 Å². The van der Waals surface area contributed by atoms with Crippen molar-refractivity contribution in [2.24, 2.45) is 0 Å². The zero-order valence-corrected chi connectivity index (χ0v) is 11.4. The van der Waals surface area contributed by atoms with Crippen LogP contribution in [0.5, 0.6) is 0 Å². The minimum atomic E-state index is 0. The van der Waals surface area contributed by atoms with E-state index in [4.69, 9.17) is 0 Å². The average Bonchev–Trinajstić information content (AvgIpc) is 1.00. The van der Waals surface area contributed by atoms with Crippen LogP contribution in [-0.4, -0.2) is 71.5 Å². The molecule has 0 nitrogen and oxygen atoms in total. The maximum atomic E-state index is 4.42. The Balaban J connectivity index is -0.000000000833. The van der Waals surface area contributed by atoms with Gasteiger partial charge in [-0.25, -0.2) is 0 Å². The van der Waals surface area contributed by atoms with Crippen molar-refractivity contribution in [3.8, 4) is 0 Å². The monoisotopic (exact) mass is 298 g/mol. The van der Waals surface area contributed by atoms with E-state index >= 15 is 0 Å². The summed E-state index contributed by atoms with van der Waals surface area (Å²) in [5.41, 5.74) is 0. The standard InChI is InChI=1S/BH2P.Bi.Ca.5H/c1-2;;;;;;;/h2H2;;;;;;;/q;;+2;;;;2*-1. The molecule has 0 fully saturated rings. The molecule has 0 saturated heterocycles. The molecular formula is H7BBiCaP. The van der Waals surface area contributed by atoms with Crippen LogP contribution in [-0.2, 0) is 0 Å². The van der Waals surface area contributed by atoms with Crippen molar-refractivity contribution in [1.82, 2.24) is 0 Å². The van der Waals surface area contributed by atoms with Crippen LogP contribution in [0.15, 0.2) is 0 Å². The van der Waals surface area contributed by atoms with E-state index in [1.54, 1.807) is 0 Å². The summed E-state index contributed by atoms with van der Waals surface area (Å²) in [5.74, 6) is 0.